The molecular weight excluding hydrogens is 472 g/mol. The molecule has 1 amide bonds. The Labute approximate surface area is 195 Å². The summed E-state index contributed by atoms with van der Waals surface area (Å²) in [6, 6.07) is 11.7. The average molecular weight is 493 g/mol. The molecule has 1 aromatic heterocycles. The van der Waals surface area contributed by atoms with Crippen molar-refractivity contribution in [1.29, 1.82) is 0 Å². The van der Waals surface area contributed by atoms with Crippen LogP contribution in [0, 0.1) is 6.92 Å². The van der Waals surface area contributed by atoms with Crippen molar-refractivity contribution in [2.75, 3.05) is 5.32 Å². The summed E-state index contributed by atoms with van der Waals surface area (Å²) < 4.78 is 34.6. The molecule has 0 bridgehead atoms. The van der Waals surface area contributed by atoms with Crippen LogP contribution in [0.1, 0.15) is 47.8 Å². The summed E-state index contributed by atoms with van der Waals surface area (Å²) in [5.74, 6) is 0.151. The molecule has 32 heavy (non-hydrogen) atoms. The van der Waals surface area contributed by atoms with Gasteiger partial charge >= 0.3 is 0 Å². The van der Waals surface area contributed by atoms with Crippen LogP contribution in [0.15, 0.2) is 46.8 Å². The minimum Gasteiger partial charge on any atom is -0.487 e. The number of carbonyl (C=O) groups excluding carboxylic acids is 1. The van der Waals surface area contributed by atoms with E-state index in [0.29, 0.717) is 12.2 Å². The van der Waals surface area contributed by atoms with Crippen molar-refractivity contribution in [3.05, 3.63) is 64.2 Å². The first-order valence-corrected chi connectivity index (χ1v) is 12.4. The van der Waals surface area contributed by atoms with Crippen LogP contribution in [0.25, 0.3) is 0 Å². The number of ether oxygens (including phenoxy) is 1. The second-order valence-corrected chi connectivity index (χ2v) is 11.4. The van der Waals surface area contributed by atoms with Gasteiger partial charge < -0.3 is 4.74 Å². The summed E-state index contributed by atoms with van der Waals surface area (Å²) in [4.78, 5) is 12.4. The molecular formula is C21H21ClN4O4S2. The lowest BCUT2D eigenvalue weighted by Gasteiger charge is -2.37. The van der Waals surface area contributed by atoms with Gasteiger partial charge in [0.05, 0.1) is 16.6 Å². The number of nitrogens with one attached hydrogen (secondary N) is 2. The SMILES string of the molecule is Cc1ccc2c(c1)OC(C)(C)C[C@@H]2NS(=O)(=O)c1nnc(NC(=O)c2ccccc2Cl)s1. The number of fused-ring (bicyclic) bond motifs is 1. The quantitative estimate of drug-likeness (QED) is 0.513. The van der Waals surface area contributed by atoms with E-state index in [1.807, 2.05) is 39.0 Å². The molecule has 0 saturated heterocycles. The Balaban J connectivity index is 1.55. The van der Waals surface area contributed by atoms with Crippen molar-refractivity contribution in [2.24, 2.45) is 0 Å². The first-order valence-electron chi connectivity index (χ1n) is 9.75. The van der Waals surface area contributed by atoms with E-state index >= 15 is 0 Å². The molecule has 2 aromatic carbocycles. The summed E-state index contributed by atoms with van der Waals surface area (Å²) in [6.45, 7) is 5.77. The molecule has 2 N–H and O–H groups in total. The second kappa shape index (κ2) is 8.43. The topological polar surface area (TPSA) is 110 Å². The van der Waals surface area contributed by atoms with Crippen molar-refractivity contribution in [3.63, 3.8) is 0 Å². The second-order valence-electron chi connectivity index (χ2n) is 8.09. The first-order chi connectivity index (χ1) is 15.0. The fourth-order valence-electron chi connectivity index (χ4n) is 3.48. The highest BCUT2D eigenvalue weighted by Gasteiger charge is 2.37. The van der Waals surface area contributed by atoms with Crippen LogP contribution in [0.5, 0.6) is 5.75 Å². The van der Waals surface area contributed by atoms with Crippen molar-refractivity contribution in [2.45, 2.75) is 43.2 Å². The van der Waals surface area contributed by atoms with Crippen LogP contribution in [0.2, 0.25) is 5.02 Å². The minimum atomic E-state index is -3.99. The molecule has 1 atom stereocenters. The Morgan fingerprint density at radius 2 is 1.97 bits per heavy atom. The predicted molar refractivity (Wildman–Crippen MR) is 123 cm³/mol. The van der Waals surface area contributed by atoms with Gasteiger partial charge in [-0.15, -0.1) is 10.2 Å². The zero-order chi connectivity index (χ0) is 23.1. The minimum absolute atomic E-state index is 0.0543. The van der Waals surface area contributed by atoms with Gasteiger partial charge in [0, 0.05) is 12.0 Å². The van der Waals surface area contributed by atoms with E-state index in [4.69, 9.17) is 16.3 Å². The van der Waals surface area contributed by atoms with Gasteiger partial charge in [-0.1, -0.05) is 47.2 Å². The van der Waals surface area contributed by atoms with Gasteiger partial charge in [-0.3, -0.25) is 10.1 Å². The standard InChI is InChI=1S/C21H21ClN4O4S2/c1-12-8-9-14-16(11-21(2,3)30-17(14)10-12)26-32(28,29)20-25-24-19(31-20)23-18(27)13-6-4-5-7-15(13)22/h4-10,16,26H,11H2,1-3H3,(H,23,24,27)/t16-/m0/s1. The molecule has 1 aliphatic heterocycles. The van der Waals surface area contributed by atoms with Crippen LogP contribution in [0.4, 0.5) is 5.13 Å². The third-order valence-electron chi connectivity index (χ3n) is 4.90. The van der Waals surface area contributed by atoms with E-state index in [2.05, 4.69) is 20.2 Å². The van der Waals surface area contributed by atoms with E-state index in [-0.39, 0.29) is 20.1 Å². The number of halogens is 1. The molecule has 0 saturated carbocycles. The maximum atomic E-state index is 13.0. The van der Waals surface area contributed by atoms with Gasteiger partial charge in [-0.2, -0.15) is 0 Å². The molecule has 1 aliphatic rings. The van der Waals surface area contributed by atoms with Gasteiger partial charge in [-0.05, 0) is 44.5 Å². The van der Waals surface area contributed by atoms with Gasteiger partial charge in [0.2, 0.25) is 9.47 Å². The Kier molecular flexibility index (Phi) is 5.97. The molecule has 4 rings (SSSR count). The number of hydrogen-bond donors (Lipinski definition) is 2. The van der Waals surface area contributed by atoms with Crippen LogP contribution < -0.4 is 14.8 Å². The molecule has 3 aromatic rings. The highest BCUT2D eigenvalue weighted by Crippen LogP contribution is 2.40. The number of carbonyl (C=O) groups is 1. The van der Waals surface area contributed by atoms with Crippen molar-refractivity contribution < 1.29 is 17.9 Å². The summed E-state index contributed by atoms with van der Waals surface area (Å²) in [5, 5.41) is 10.4. The normalized spacial score (nSPS) is 17.3. The number of anilines is 1. The summed E-state index contributed by atoms with van der Waals surface area (Å²) >= 11 is 6.80. The molecule has 0 aliphatic carbocycles. The molecule has 168 valence electrons. The Morgan fingerprint density at radius 1 is 1.22 bits per heavy atom. The average Bonchev–Trinajstić information content (AvgIpc) is 3.16. The first kappa shape index (κ1) is 22.7. The lowest BCUT2D eigenvalue weighted by atomic mass is 9.90. The lowest BCUT2D eigenvalue weighted by Crippen LogP contribution is -2.41. The van der Waals surface area contributed by atoms with Gasteiger partial charge in [0.15, 0.2) is 0 Å². The Bertz CT molecular complexity index is 1290. The molecule has 0 fully saturated rings. The summed E-state index contributed by atoms with van der Waals surface area (Å²) in [6.07, 6.45) is 0.442. The number of aromatic nitrogens is 2. The molecule has 2 heterocycles. The van der Waals surface area contributed by atoms with Gasteiger partial charge in [-0.25, -0.2) is 13.1 Å². The van der Waals surface area contributed by atoms with Crippen LogP contribution >= 0.6 is 22.9 Å². The fourth-order valence-corrected chi connectivity index (χ4v) is 5.83. The van der Waals surface area contributed by atoms with E-state index < -0.39 is 27.6 Å². The van der Waals surface area contributed by atoms with Crippen molar-refractivity contribution >= 4 is 44.0 Å². The zero-order valence-electron chi connectivity index (χ0n) is 17.5. The molecule has 8 nitrogen and oxygen atoms in total. The van der Waals surface area contributed by atoms with Gasteiger partial charge in [0.1, 0.15) is 11.4 Å². The van der Waals surface area contributed by atoms with E-state index in [1.54, 1.807) is 24.3 Å². The monoisotopic (exact) mass is 492 g/mol. The number of aryl methyl sites for hydroxylation is 1. The zero-order valence-corrected chi connectivity index (χ0v) is 19.9. The fraction of sp³-hybridized carbons (Fsp3) is 0.286. The van der Waals surface area contributed by atoms with E-state index in [9.17, 15) is 13.2 Å². The third-order valence-corrected chi connectivity index (χ3v) is 7.91. The number of sulfonamides is 1. The van der Waals surface area contributed by atoms with E-state index in [0.717, 1.165) is 22.5 Å². The maximum Gasteiger partial charge on any atom is 0.270 e. The highest BCUT2D eigenvalue weighted by atomic mass is 35.5. The summed E-state index contributed by atoms with van der Waals surface area (Å²) in [5.41, 5.74) is 1.48. The molecule has 11 heteroatoms. The van der Waals surface area contributed by atoms with Crippen LogP contribution in [-0.4, -0.2) is 30.1 Å². The third kappa shape index (κ3) is 4.78. The Hall–Kier alpha value is -2.53. The summed E-state index contributed by atoms with van der Waals surface area (Å²) in [7, 11) is -3.99. The molecule has 0 spiro atoms. The highest BCUT2D eigenvalue weighted by molar-refractivity contribution is 7.91. The molecule has 0 unspecified atom stereocenters. The van der Waals surface area contributed by atoms with Crippen molar-refractivity contribution in [1.82, 2.24) is 14.9 Å². The number of benzene rings is 2. The van der Waals surface area contributed by atoms with E-state index in [1.165, 1.54) is 0 Å². The Morgan fingerprint density at radius 3 is 2.72 bits per heavy atom. The number of amides is 1. The number of rotatable bonds is 5. The number of nitrogens with zero attached hydrogens (tertiary/aromatic N) is 2. The smallest absolute Gasteiger partial charge is 0.270 e. The largest absolute Gasteiger partial charge is 0.487 e. The maximum absolute atomic E-state index is 13.0. The molecule has 0 radical (unpaired) electrons. The predicted octanol–water partition coefficient (Wildman–Crippen LogP) is 4.33. The van der Waals surface area contributed by atoms with Crippen LogP contribution in [-0.2, 0) is 10.0 Å². The van der Waals surface area contributed by atoms with Crippen molar-refractivity contribution in [3.8, 4) is 5.75 Å². The van der Waals surface area contributed by atoms with Crippen LogP contribution in [0.3, 0.4) is 0 Å². The van der Waals surface area contributed by atoms with Gasteiger partial charge in [0.25, 0.3) is 15.9 Å². The lowest BCUT2D eigenvalue weighted by molar-refractivity contribution is 0.0701. The number of hydrogen-bond acceptors (Lipinski definition) is 7.